The molecule has 1 fully saturated rings. The number of halogens is 1. The van der Waals surface area contributed by atoms with Gasteiger partial charge in [0.25, 0.3) is 0 Å². The maximum Gasteiger partial charge on any atom is 0.126 e. The van der Waals surface area contributed by atoms with Gasteiger partial charge in [0.05, 0.1) is 7.11 Å². The van der Waals surface area contributed by atoms with Crippen LogP contribution in [0.1, 0.15) is 31.7 Å². The second-order valence-electron chi connectivity index (χ2n) is 6.68. The SMILES string of the molecule is COc1cc(OC(C)C2CCCCN2)cc(-c2ccc(F)cc2)c1C. The minimum Gasteiger partial charge on any atom is -0.496 e. The molecule has 1 aliphatic rings. The normalized spacial score (nSPS) is 18.6. The van der Waals surface area contributed by atoms with Crippen LogP contribution in [-0.4, -0.2) is 25.8 Å². The lowest BCUT2D eigenvalue weighted by Crippen LogP contribution is -2.44. The standard InChI is InChI=1S/C21H26FNO2/c1-14-19(16-7-9-17(22)10-8-16)12-18(13-21(14)24-3)25-15(2)20-6-4-5-11-23-20/h7-10,12-13,15,20,23H,4-6,11H2,1-3H3. The van der Waals surface area contributed by atoms with E-state index in [1.54, 1.807) is 19.2 Å². The summed E-state index contributed by atoms with van der Waals surface area (Å²) in [5.41, 5.74) is 2.97. The van der Waals surface area contributed by atoms with Crippen molar-refractivity contribution < 1.29 is 13.9 Å². The van der Waals surface area contributed by atoms with E-state index >= 15 is 0 Å². The summed E-state index contributed by atoms with van der Waals surface area (Å²) >= 11 is 0. The molecule has 0 spiro atoms. The van der Waals surface area contributed by atoms with Crippen molar-refractivity contribution in [2.24, 2.45) is 0 Å². The van der Waals surface area contributed by atoms with Crippen LogP contribution in [0.2, 0.25) is 0 Å². The van der Waals surface area contributed by atoms with Crippen molar-refractivity contribution >= 4 is 0 Å². The zero-order valence-electron chi connectivity index (χ0n) is 15.1. The third-order valence-corrected chi connectivity index (χ3v) is 4.95. The fourth-order valence-corrected chi connectivity index (χ4v) is 3.45. The molecule has 0 aromatic heterocycles. The largest absolute Gasteiger partial charge is 0.496 e. The minimum atomic E-state index is -0.238. The Labute approximate surface area is 149 Å². The molecule has 25 heavy (non-hydrogen) atoms. The summed E-state index contributed by atoms with van der Waals surface area (Å²) in [6.07, 6.45) is 3.68. The fraction of sp³-hybridized carbons (Fsp3) is 0.429. The van der Waals surface area contributed by atoms with Gasteiger partial charge in [0, 0.05) is 12.1 Å². The first-order chi connectivity index (χ1) is 12.1. The molecule has 2 aromatic rings. The Bertz CT molecular complexity index is 709. The number of piperidine rings is 1. The summed E-state index contributed by atoms with van der Waals surface area (Å²) in [5, 5.41) is 3.53. The first-order valence-corrected chi connectivity index (χ1v) is 8.93. The third-order valence-electron chi connectivity index (χ3n) is 4.95. The van der Waals surface area contributed by atoms with Gasteiger partial charge in [0.1, 0.15) is 23.4 Å². The summed E-state index contributed by atoms with van der Waals surface area (Å²) in [6, 6.07) is 10.8. The summed E-state index contributed by atoms with van der Waals surface area (Å²) < 4.78 is 25.0. The topological polar surface area (TPSA) is 30.5 Å². The molecule has 3 rings (SSSR count). The predicted octanol–water partition coefficient (Wildman–Crippen LogP) is 4.72. The number of ether oxygens (including phenoxy) is 2. The number of hydrogen-bond acceptors (Lipinski definition) is 3. The van der Waals surface area contributed by atoms with Crippen molar-refractivity contribution in [2.45, 2.75) is 45.3 Å². The monoisotopic (exact) mass is 343 g/mol. The van der Waals surface area contributed by atoms with E-state index in [2.05, 4.69) is 12.2 Å². The molecule has 1 saturated heterocycles. The lowest BCUT2D eigenvalue weighted by atomic mass is 9.98. The van der Waals surface area contributed by atoms with Crippen molar-refractivity contribution in [2.75, 3.05) is 13.7 Å². The lowest BCUT2D eigenvalue weighted by molar-refractivity contribution is 0.152. The van der Waals surface area contributed by atoms with Crippen molar-refractivity contribution in [3.8, 4) is 22.6 Å². The van der Waals surface area contributed by atoms with Gasteiger partial charge < -0.3 is 14.8 Å². The van der Waals surface area contributed by atoms with E-state index in [9.17, 15) is 4.39 Å². The van der Waals surface area contributed by atoms with Gasteiger partial charge in [0.15, 0.2) is 0 Å². The summed E-state index contributed by atoms with van der Waals surface area (Å²) in [7, 11) is 1.66. The van der Waals surface area contributed by atoms with Crippen LogP contribution in [0.3, 0.4) is 0 Å². The maximum absolute atomic E-state index is 13.2. The number of hydrogen-bond donors (Lipinski definition) is 1. The second kappa shape index (κ2) is 7.87. The minimum absolute atomic E-state index is 0.0776. The molecular formula is C21H26FNO2. The van der Waals surface area contributed by atoms with Crippen molar-refractivity contribution in [3.05, 3.63) is 47.8 Å². The molecule has 0 bridgehead atoms. The number of nitrogens with one attached hydrogen (secondary N) is 1. The van der Waals surface area contributed by atoms with Crippen LogP contribution in [0.5, 0.6) is 11.5 Å². The summed E-state index contributed by atoms with van der Waals surface area (Å²) in [4.78, 5) is 0. The van der Waals surface area contributed by atoms with Gasteiger partial charge in [0.2, 0.25) is 0 Å². The fourth-order valence-electron chi connectivity index (χ4n) is 3.45. The highest BCUT2D eigenvalue weighted by Gasteiger charge is 2.21. The van der Waals surface area contributed by atoms with Gasteiger partial charge >= 0.3 is 0 Å². The first-order valence-electron chi connectivity index (χ1n) is 8.93. The van der Waals surface area contributed by atoms with Crippen molar-refractivity contribution in [1.82, 2.24) is 5.32 Å². The molecule has 0 aliphatic carbocycles. The molecule has 4 heteroatoms. The Balaban J connectivity index is 1.89. The molecular weight excluding hydrogens is 317 g/mol. The molecule has 0 amide bonds. The average Bonchev–Trinajstić information content (AvgIpc) is 2.64. The van der Waals surface area contributed by atoms with Gasteiger partial charge in [-0.25, -0.2) is 4.39 Å². The molecule has 2 unspecified atom stereocenters. The highest BCUT2D eigenvalue weighted by atomic mass is 19.1. The number of benzene rings is 2. The van der Waals surface area contributed by atoms with Gasteiger partial charge in [-0.2, -0.15) is 0 Å². The number of rotatable bonds is 5. The Hall–Kier alpha value is -2.07. The quantitative estimate of drug-likeness (QED) is 0.852. The van der Waals surface area contributed by atoms with Gasteiger partial charge in [-0.3, -0.25) is 0 Å². The molecule has 3 nitrogen and oxygen atoms in total. The van der Waals surface area contributed by atoms with Gasteiger partial charge in [-0.15, -0.1) is 0 Å². The van der Waals surface area contributed by atoms with E-state index < -0.39 is 0 Å². The Morgan fingerprint density at radius 1 is 1.16 bits per heavy atom. The van der Waals surface area contributed by atoms with Crippen molar-refractivity contribution in [3.63, 3.8) is 0 Å². The molecule has 134 valence electrons. The smallest absolute Gasteiger partial charge is 0.126 e. The van der Waals surface area contributed by atoms with Crippen LogP contribution < -0.4 is 14.8 Å². The lowest BCUT2D eigenvalue weighted by Gasteiger charge is -2.29. The molecule has 0 radical (unpaired) electrons. The molecule has 1 aliphatic heterocycles. The van der Waals surface area contributed by atoms with Crippen molar-refractivity contribution in [1.29, 1.82) is 0 Å². The Kier molecular flexibility index (Phi) is 5.59. The molecule has 1 heterocycles. The molecule has 0 saturated carbocycles. The van der Waals surface area contributed by atoms with E-state index in [0.717, 1.165) is 41.2 Å². The second-order valence-corrected chi connectivity index (χ2v) is 6.68. The van der Waals surface area contributed by atoms with Crippen LogP contribution >= 0.6 is 0 Å². The van der Waals surface area contributed by atoms with Crippen LogP contribution in [0.4, 0.5) is 4.39 Å². The first kappa shape index (κ1) is 17.7. The van der Waals surface area contributed by atoms with Crippen LogP contribution in [0, 0.1) is 12.7 Å². The van der Waals surface area contributed by atoms with E-state index in [-0.39, 0.29) is 11.9 Å². The summed E-state index contributed by atoms with van der Waals surface area (Å²) in [6.45, 7) is 5.16. The maximum atomic E-state index is 13.2. The van der Waals surface area contributed by atoms with E-state index in [4.69, 9.17) is 9.47 Å². The Morgan fingerprint density at radius 3 is 2.56 bits per heavy atom. The van der Waals surface area contributed by atoms with E-state index in [1.807, 2.05) is 19.1 Å². The van der Waals surface area contributed by atoms with Gasteiger partial charge in [-0.1, -0.05) is 18.6 Å². The average molecular weight is 343 g/mol. The van der Waals surface area contributed by atoms with Gasteiger partial charge in [-0.05, 0) is 68.1 Å². The summed E-state index contributed by atoms with van der Waals surface area (Å²) in [5.74, 6) is 1.32. The molecule has 2 atom stereocenters. The highest BCUT2D eigenvalue weighted by molar-refractivity contribution is 5.71. The van der Waals surface area contributed by atoms with Crippen LogP contribution in [-0.2, 0) is 0 Å². The third kappa shape index (κ3) is 4.13. The highest BCUT2D eigenvalue weighted by Crippen LogP contribution is 2.35. The molecule has 1 N–H and O–H groups in total. The zero-order valence-corrected chi connectivity index (χ0v) is 15.1. The Morgan fingerprint density at radius 2 is 1.92 bits per heavy atom. The van der Waals surface area contributed by atoms with E-state index in [1.165, 1.54) is 25.0 Å². The van der Waals surface area contributed by atoms with Crippen LogP contribution in [0.15, 0.2) is 36.4 Å². The molecule has 2 aromatic carbocycles. The zero-order chi connectivity index (χ0) is 17.8. The predicted molar refractivity (Wildman–Crippen MR) is 98.9 cm³/mol. The van der Waals surface area contributed by atoms with E-state index in [0.29, 0.717) is 6.04 Å². The number of methoxy groups -OCH3 is 1. The van der Waals surface area contributed by atoms with Crippen LogP contribution in [0.25, 0.3) is 11.1 Å².